The molecule has 0 bridgehead atoms. The van der Waals surface area contributed by atoms with Crippen LogP contribution < -0.4 is 10.8 Å². The molecule has 7 nitrogen and oxygen atoms in total. The van der Waals surface area contributed by atoms with Crippen molar-refractivity contribution in [3.05, 3.63) is 64.3 Å². The standard InChI is InChI=1S/C20H21ClN4O3.ClH/c1-13-3-2-4-15(9-13)20(27)25-8-7-16(12-25)23-19-17(21)10-14(11-22-19)5-6-18(26)24-28;/h2-6,9-11,16,28H,7-8,12H2,1H3,(H,22,23)(H,24,26);1H/b6-5+;/t16-;/m1./s1. The molecule has 1 aliphatic rings. The summed E-state index contributed by atoms with van der Waals surface area (Å²) in [5.41, 5.74) is 3.89. The van der Waals surface area contributed by atoms with Gasteiger partial charge in [-0.15, -0.1) is 12.4 Å². The molecule has 1 atom stereocenters. The number of nitrogens with one attached hydrogen (secondary N) is 2. The van der Waals surface area contributed by atoms with E-state index in [1.807, 2.05) is 36.1 Å². The first-order valence-corrected chi connectivity index (χ1v) is 9.24. The van der Waals surface area contributed by atoms with E-state index < -0.39 is 5.91 Å². The van der Waals surface area contributed by atoms with Gasteiger partial charge in [-0.25, -0.2) is 10.5 Å². The zero-order valence-electron chi connectivity index (χ0n) is 15.8. The monoisotopic (exact) mass is 436 g/mol. The molecule has 2 heterocycles. The van der Waals surface area contributed by atoms with Crippen LogP contribution in [0, 0.1) is 6.92 Å². The Morgan fingerprint density at radius 1 is 1.34 bits per heavy atom. The predicted molar refractivity (Wildman–Crippen MR) is 115 cm³/mol. The lowest BCUT2D eigenvalue weighted by atomic mass is 10.1. The molecule has 0 unspecified atom stereocenters. The normalized spacial score (nSPS) is 15.8. The Balaban J connectivity index is 0.00000300. The number of nitrogens with zero attached hydrogens (tertiary/aromatic N) is 2. The summed E-state index contributed by atoms with van der Waals surface area (Å²) < 4.78 is 0. The fourth-order valence-electron chi connectivity index (χ4n) is 3.08. The van der Waals surface area contributed by atoms with Crippen LogP contribution in [0.3, 0.4) is 0 Å². The van der Waals surface area contributed by atoms with E-state index in [0.717, 1.165) is 12.0 Å². The lowest BCUT2D eigenvalue weighted by Crippen LogP contribution is -2.31. The summed E-state index contributed by atoms with van der Waals surface area (Å²) in [4.78, 5) is 29.8. The average molecular weight is 437 g/mol. The highest BCUT2D eigenvalue weighted by atomic mass is 35.5. The van der Waals surface area contributed by atoms with E-state index in [0.29, 0.717) is 35.1 Å². The number of hydroxylamine groups is 1. The maximum Gasteiger partial charge on any atom is 0.267 e. The molecule has 9 heteroatoms. The Labute approximate surface area is 180 Å². The van der Waals surface area contributed by atoms with Gasteiger partial charge in [-0.2, -0.15) is 0 Å². The van der Waals surface area contributed by atoms with E-state index >= 15 is 0 Å². The molecule has 1 aromatic carbocycles. The zero-order valence-corrected chi connectivity index (χ0v) is 17.3. The van der Waals surface area contributed by atoms with Gasteiger partial charge in [-0.05, 0) is 43.2 Å². The summed E-state index contributed by atoms with van der Waals surface area (Å²) >= 11 is 6.28. The molecular formula is C20H22Cl2N4O3. The van der Waals surface area contributed by atoms with Crippen LogP contribution >= 0.6 is 24.0 Å². The van der Waals surface area contributed by atoms with Crippen molar-refractivity contribution < 1.29 is 14.8 Å². The molecule has 0 aliphatic carbocycles. The Bertz CT molecular complexity index is 920. The van der Waals surface area contributed by atoms with E-state index in [9.17, 15) is 9.59 Å². The van der Waals surface area contributed by atoms with Crippen molar-refractivity contribution in [3.8, 4) is 0 Å². The molecule has 1 saturated heterocycles. The summed E-state index contributed by atoms with van der Waals surface area (Å²) in [5, 5.41) is 12.2. The molecule has 3 N–H and O–H groups in total. The van der Waals surface area contributed by atoms with E-state index in [4.69, 9.17) is 16.8 Å². The largest absolute Gasteiger partial charge is 0.364 e. The quantitative estimate of drug-likeness (QED) is 0.379. The van der Waals surface area contributed by atoms with Gasteiger partial charge in [-0.1, -0.05) is 29.3 Å². The maximum atomic E-state index is 12.7. The molecule has 0 radical (unpaired) electrons. The summed E-state index contributed by atoms with van der Waals surface area (Å²) in [6, 6.07) is 9.30. The SMILES string of the molecule is Cc1cccc(C(=O)N2CC[C@@H](Nc3ncc(/C=C/C(=O)NO)cc3Cl)C2)c1.Cl. The summed E-state index contributed by atoms with van der Waals surface area (Å²) in [5.74, 6) is -0.0855. The van der Waals surface area contributed by atoms with Gasteiger partial charge >= 0.3 is 0 Å². The van der Waals surface area contributed by atoms with Crippen LogP contribution in [0.25, 0.3) is 6.08 Å². The summed E-state index contributed by atoms with van der Waals surface area (Å²) in [7, 11) is 0. The highest BCUT2D eigenvalue weighted by Crippen LogP contribution is 2.24. The van der Waals surface area contributed by atoms with Gasteiger partial charge in [0.25, 0.3) is 11.8 Å². The van der Waals surface area contributed by atoms with E-state index in [2.05, 4.69) is 10.3 Å². The van der Waals surface area contributed by atoms with Crippen LogP contribution in [-0.2, 0) is 4.79 Å². The Hall–Kier alpha value is -2.61. The van der Waals surface area contributed by atoms with E-state index in [1.165, 1.54) is 17.6 Å². The molecule has 3 rings (SSSR count). The molecule has 1 aromatic heterocycles. The number of halogens is 2. The highest BCUT2D eigenvalue weighted by molar-refractivity contribution is 6.33. The topological polar surface area (TPSA) is 94.6 Å². The number of rotatable bonds is 5. The second kappa shape index (κ2) is 10.2. The molecule has 0 saturated carbocycles. The molecule has 2 amide bonds. The predicted octanol–water partition coefficient (Wildman–Crippen LogP) is 3.31. The molecular weight excluding hydrogens is 415 g/mol. The first kappa shape index (κ1) is 22.7. The number of pyridine rings is 1. The van der Waals surface area contributed by atoms with E-state index in [-0.39, 0.29) is 24.4 Å². The van der Waals surface area contributed by atoms with Gasteiger partial charge in [-0.3, -0.25) is 14.8 Å². The second-order valence-electron chi connectivity index (χ2n) is 6.66. The van der Waals surface area contributed by atoms with Crippen LogP contribution in [0.2, 0.25) is 5.02 Å². The van der Waals surface area contributed by atoms with Gasteiger partial charge in [0.1, 0.15) is 5.82 Å². The maximum absolute atomic E-state index is 12.7. The van der Waals surface area contributed by atoms with E-state index in [1.54, 1.807) is 12.3 Å². The number of benzene rings is 1. The average Bonchev–Trinajstić information content (AvgIpc) is 3.16. The third kappa shape index (κ3) is 5.93. The Morgan fingerprint density at radius 3 is 2.83 bits per heavy atom. The van der Waals surface area contributed by atoms with Gasteiger partial charge < -0.3 is 10.2 Å². The molecule has 0 spiro atoms. The number of hydrogen-bond donors (Lipinski definition) is 3. The van der Waals surface area contributed by atoms with Crippen LogP contribution in [0.4, 0.5) is 5.82 Å². The van der Waals surface area contributed by atoms with Crippen LogP contribution in [0.5, 0.6) is 0 Å². The van der Waals surface area contributed by atoms with Gasteiger partial charge in [0, 0.05) is 37.0 Å². The number of amides is 2. The van der Waals surface area contributed by atoms with Crippen molar-refractivity contribution in [2.24, 2.45) is 0 Å². The molecule has 29 heavy (non-hydrogen) atoms. The first-order chi connectivity index (χ1) is 13.5. The van der Waals surface area contributed by atoms with Crippen molar-refractivity contribution in [1.82, 2.24) is 15.4 Å². The molecule has 154 valence electrons. The van der Waals surface area contributed by atoms with Gasteiger partial charge in [0.2, 0.25) is 0 Å². The first-order valence-electron chi connectivity index (χ1n) is 8.86. The minimum atomic E-state index is -0.636. The smallest absolute Gasteiger partial charge is 0.267 e. The van der Waals surface area contributed by atoms with Crippen molar-refractivity contribution in [2.75, 3.05) is 18.4 Å². The molecule has 2 aromatic rings. The van der Waals surface area contributed by atoms with Gasteiger partial charge in [0.05, 0.1) is 5.02 Å². The lowest BCUT2D eigenvalue weighted by molar-refractivity contribution is -0.124. The minimum absolute atomic E-state index is 0. The molecule has 1 aliphatic heterocycles. The van der Waals surface area contributed by atoms with Crippen LogP contribution in [0.15, 0.2) is 42.6 Å². The summed E-state index contributed by atoms with van der Waals surface area (Å²) in [6.45, 7) is 3.20. The number of anilines is 1. The summed E-state index contributed by atoms with van der Waals surface area (Å²) in [6.07, 6.45) is 5.03. The number of carbonyl (C=O) groups is 2. The Kier molecular flexibility index (Phi) is 8.01. The van der Waals surface area contributed by atoms with Crippen LogP contribution in [-0.4, -0.2) is 46.0 Å². The lowest BCUT2D eigenvalue weighted by Gasteiger charge is -2.18. The van der Waals surface area contributed by atoms with Crippen molar-refractivity contribution in [1.29, 1.82) is 0 Å². The molecule has 1 fully saturated rings. The zero-order chi connectivity index (χ0) is 20.1. The third-order valence-electron chi connectivity index (χ3n) is 4.48. The highest BCUT2D eigenvalue weighted by Gasteiger charge is 2.27. The van der Waals surface area contributed by atoms with Crippen molar-refractivity contribution in [3.63, 3.8) is 0 Å². The van der Waals surface area contributed by atoms with Crippen molar-refractivity contribution in [2.45, 2.75) is 19.4 Å². The second-order valence-corrected chi connectivity index (χ2v) is 7.07. The van der Waals surface area contributed by atoms with Gasteiger partial charge in [0.15, 0.2) is 0 Å². The fourth-order valence-corrected chi connectivity index (χ4v) is 3.31. The third-order valence-corrected chi connectivity index (χ3v) is 4.77. The number of carbonyl (C=O) groups excluding carboxylic acids is 2. The number of aryl methyl sites for hydroxylation is 1. The van der Waals surface area contributed by atoms with Crippen molar-refractivity contribution >= 4 is 47.7 Å². The number of aromatic nitrogens is 1. The minimum Gasteiger partial charge on any atom is -0.364 e. The Morgan fingerprint density at radius 2 is 2.14 bits per heavy atom. The number of hydrogen-bond acceptors (Lipinski definition) is 5. The number of likely N-dealkylation sites (tertiary alicyclic amines) is 1. The van der Waals surface area contributed by atoms with Crippen LogP contribution in [0.1, 0.15) is 27.9 Å². The fraction of sp³-hybridized carbons (Fsp3) is 0.250.